The van der Waals surface area contributed by atoms with E-state index in [4.69, 9.17) is 30.9 Å². The van der Waals surface area contributed by atoms with Crippen LogP contribution in [0.4, 0.5) is 4.39 Å². The highest BCUT2D eigenvalue weighted by atomic mass is 35.5. The number of carbonyl (C=O) groups excluding carboxylic acids is 2. The summed E-state index contributed by atoms with van der Waals surface area (Å²) in [7, 11) is 0. The van der Waals surface area contributed by atoms with Crippen molar-refractivity contribution < 1.29 is 18.7 Å². The van der Waals surface area contributed by atoms with Crippen molar-refractivity contribution in [1.82, 2.24) is 4.98 Å². The summed E-state index contributed by atoms with van der Waals surface area (Å²) < 4.78 is 19.4. The van der Waals surface area contributed by atoms with E-state index in [-0.39, 0.29) is 11.9 Å². The zero-order valence-electron chi connectivity index (χ0n) is 22.2. The Morgan fingerprint density at radius 2 is 1.61 bits per heavy atom. The van der Waals surface area contributed by atoms with Crippen LogP contribution in [0.2, 0.25) is 0 Å². The highest BCUT2D eigenvalue weighted by Gasteiger charge is 2.16. The first-order chi connectivity index (χ1) is 18.4. The number of rotatable bonds is 9. The third-order valence-electron chi connectivity index (χ3n) is 4.96. The normalized spacial score (nSPS) is 11.6. The number of allylic oxidation sites excluding steroid dienone is 4. The molecule has 3 aromatic rings. The van der Waals surface area contributed by atoms with Crippen molar-refractivity contribution >= 4 is 48.1 Å². The van der Waals surface area contributed by atoms with E-state index >= 15 is 0 Å². The molecule has 0 bridgehead atoms. The molecule has 3 rings (SSSR count). The molecule has 0 saturated heterocycles. The number of halogens is 3. The van der Waals surface area contributed by atoms with Crippen molar-refractivity contribution in [2.45, 2.75) is 39.9 Å². The van der Waals surface area contributed by atoms with Crippen molar-refractivity contribution in [3.05, 3.63) is 100 Å². The number of aromatic nitrogens is 1. The lowest BCUT2D eigenvalue weighted by Crippen LogP contribution is -2.04. The van der Waals surface area contributed by atoms with Gasteiger partial charge in [-0.05, 0) is 67.8 Å². The highest BCUT2D eigenvalue weighted by molar-refractivity contribution is 7.15. The van der Waals surface area contributed by atoms with Crippen LogP contribution in [0.3, 0.4) is 0 Å². The molecule has 2 aromatic carbocycles. The van der Waals surface area contributed by atoms with Gasteiger partial charge in [0.2, 0.25) is 0 Å². The first kappa shape index (κ1) is 35.1. The largest absolute Gasteiger partial charge is 0.367 e. The van der Waals surface area contributed by atoms with Gasteiger partial charge in [0.05, 0.1) is 23.3 Å². The summed E-state index contributed by atoms with van der Waals surface area (Å²) in [6, 6.07) is 14.9. The van der Waals surface area contributed by atoms with Gasteiger partial charge in [0, 0.05) is 17.0 Å². The number of benzene rings is 2. The average molecular weight is 579 g/mol. The molecule has 0 radical (unpaired) electrons. The van der Waals surface area contributed by atoms with E-state index in [0.29, 0.717) is 11.6 Å². The summed E-state index contributed by atoms with van der Waals surface area (Å²) in [4.78, 5) is 21.9. The van der Waals surface area contributed by atoms with Crippen molar-refractivity contribution in [3.8, 4) is 21.7 Å². The topological polar surface area (TPSA) is 56.3 Å². The molecule has 4 nitrogen and oxygen atoms in total. The van der Waals surface area contributed by atoms with Gasteiger partial charge in [0.1, 0.15) is 24.4 Å². The van der Waals surface area contributed by atoms with Crippen LogP contribution in [0.25, 0.3) is 21.7 Å². The second kappa shape index (κ2) is 20.1. The fraction of sp³-hybridized carbons (Fsp3) is 0.233. The summed E-state index contributed by atoms with van der Waals surface area (Å²) in [5.41, 5.74) is 5.07. The standard InChI is InChI=1S/C27H27ClFNOS.CH3Cl.2CH2O/c1-5-18(3)15-23(28)16-19(4)31-17-25-30-26(21-11-13-24(29)14-12-21)27(32-25)22-9-7-20(6-2)8-10-22;3*1-2/h5,7-16,19H,1,6,17H2,2-4H3;1H3;2*1H2/b18-15-,23-16+;;;. The Morgan fingerprint density at radius 1 is 1.05 bits per heavy atom. The van der Waals surface area contributed by atoms with Gasteiger partial charge < -0.3 is 14.3 Å². The van der Waals surface area contributed by atoms with Crippen LogP contribution in [0.5, 0.6) is 0 Å². The van der Waals surface area contributed by atoms with Crippen LogP contribution >= 0.6 is 34.5 Å². The van der Waals surface area contributed by atoms with Crippen LogP contribution in [0, 0.1) is 5.82 Å². The minimum absolute atomic E-state index is 0.179. The molecule has 0 amide bonds. The Hall–Kier alpha value is -2.90. The van der Waals surface area contributed by atoms with Gasteiger partial charge >= 0.3 is 0 Å². The number of ether oxygens (including phenoxy) is 1. The van der Waals surface area contributed by atoms with E-state index in [1.807, 2.05) is 39.6 Å². The lowest BCUT2D eigenvalue weighted by atomic mass is 10.0. The smallest absolute Gasteiger partial charge is 0.123 e. The summed E-state index contributed by atoms with van der Waals surface area (Å²) in [5.74, 6) is -0.264. The van der Waals surface area contributed by atoms with Crippen LogP contribution in [0.15, 0.2) is 83.9 Å². The van der Waals surface area contributed by atoms with Crippen LogP contribution in [-0.4, -0.2) is 31.0 Å². The zero-order valence-corrected chi connectivity index (χ0v) is 24.5. The third kappa shape index (κ3) is 11.7. The van der Waals surface area contributed by atoms with Crippen molar-refractivity contribution in [3.63, 3.8) is 0 Å². The predicted octanol–water partition coefficient (Wildman–Crippen LogP) is 8.82. The van der Waals surface area contributed by atoms with Gasteiger partial charge in [-0.2, -0.15) is 0 Å². The molecule has 0 N–H and O–H groups in total. The molecule has 0 fully saturated rings. The molecular weight excluding hydrogens is 544 g/mol. The van der Waals surface area contributed by atoms with Crippen LogP contribution in [-0.2, 0) is 27.4 Å². The Kier molecular flexibility index (Phi) is 18.6. The Morgan fingerprint density at radius 3 is 2.13 bits per heavy atom. The maximum absolute atomic E-state index is 13.5. The van der Waals surface area contributed by atoms with Gasteiger partial charge in [0.25, 0.3) is 0 Å². The number of aryl methyl sites for hydroxylation is 1. The molecule has 1 heterocycles. The average Bonchev–Trinajstić information content (AvgIpc) is 3.39. The van der Waals surface area contributed by atoms with Crippen LogP contribution in [0.1, 0.15) is 31.3 Å². The zero-order chi connectivity index (χ0) is 29.1. The van der Waals surface area contributed by atoms with Crippen molar-refractivity contribution in [2.75, 3.05) is 6.38 Å². The summed E-state index contributed by atoms with van der Waals surface area (Å²) in [5, 5.41) is 1.46. The number of nitrogens with zero attached hydrogens (tertiary/aromatic N) is 1. The number of hydrogen-bond acceptors (Lipinski definition) is 5. The van der Waals surface area contributed by atoms with Crippen molar-refractivity contribution in [2.24, 2.45) is 0 Å². The van der Waals surface area contributed by atoms with E-state index in [1.54, 1.807) is 29.5 Å². The van der Waals surface area contributed by atoms with E-state index in [0.717, 1.165) is 38.7 Å². The van der Waals surface area contributed by atoms with Gasteiger partial charge in [-0.1, -0.05) is 61.0 Å². The molecule has 0 saturated carbocycles. The number of carbonyl (C=O) groups is 2. The second-order valence-electron chi connectivity index (χ2n) is 7.50. The quantitative estimate of drug-likeness (QED) is 0.188. The predicted molar refractivity (Wildman–Crippen MR) is 160 cm³/mol. The summed E-state index contributed by atoms with van der Waals surface area (Å²) in [6.07, 6.45) is 7.74. The third-order valence-corrected chi connectivity index (χ3v) is 6.28. The van der Waals surface area contributed by atoms with E-state index < -0.39 is 0 Å². The Balaban J connectivity index is 0.00000213. The molecule has 1 unspecified atom stereocenters. The van der Waals surface area contributed by atoms with Gasteiger partial charge in [-0.15, -0.1) is 22.9 Å². The first-order valence-corrected chi connectivity index (χ1v) is 13.4. The SMILES string of the molecule is C=C/C(C)=C\C(Cl)=C/C(C)OCc1nc(-c2ccc(F)cc2)c(-c2ccc(CC)cc2)s1.C=O.C=O.CCl. The fourth-order valence-electron chi connectivity index (χ4n) is 3.12. The first-order valence-electron chi connectivity index (χ1n) is 11.5. The second-order valence-corrected chi connectivity index (χ2v) is 9.02. The maximum atomic E-state index is 13.5. The number of hydrogen-bond donors (Lipinski definition) is 0. The highest BCUT2D eigenvalue weighted by Crippen LogP contribution is 2.37. The Bertz CT molecular complexity index is 1160. The summed E-state index contributed by atoms with van der Waals surface area (Å²) in [6.45, 7) is 14.1. The molecule has 204 valence electrons. The van der Waals surface area contributed by atoms with E-state index in [2.05, 4.69) is 49.4 Å². The van der Waals surface area contributed by atoms with Crippen molar-refractivity contribution in [1.29, 1.82) is 0 Å². The molecule has 1 aromatic heterocycles. The Labute approximate surface area is 239 Å². The molecule has 0 aliphatic rings. The lowest BCUT2D eigenvalue weighted by Gasteiger charge is -2.07. The van der Waals surface area contributed by atoms with Gasteiger partial charge in [0.15, 0.2) is 0 Å². The van der Waals surface area contributed by atoms with Gasteiger partial charge in [-0.3, -0.25) is 0 Å². The molecule has 8 heteroatoms. The molecule has 0 aliphatic heterocycles. The van der Waals surface area contributed by atoms with Gasteiger partial charge in [-0.25, -0.2) is 9.37 Å². The molecule has 1 atom stereocenters. The molecular formula is C30H34Cl2FNO3S. The fourth-order valence-corrected chi connectivity index (χ4v) is 4.48. The van der Waals surface area contributed by atoms with E-state index in [9.17, 15) is 4.39 Å². The van der Waals surface area contributed by atoms with Crippen LogP contribution < -0.4 is 0 Å². The summed E-state index contributed by atoms with van der Waals surface area (Å²) >= 11 is 12.5. The minimum Gasteiger partial charge on any atom is -0.367 e. The minimum atomic E-state index is -0.264. The molecule has 0 spiro atoms. The molecule has 38 heavy (non-hydrogen) atoms. The number of alkyl halides is 1. The monoisotopic (exact) mass is 577 g/mol. The maximum Gasteiger partial charge on any atom is 0.123 e. The molecule has 0 aliphatic carbocycles. The lowest BCUT2D eigenvalue weighted by molar-refractivity contribution is -0.0987. The van der Waals surface area contributed by atoms with E-state index in [1.165, 1.54) is 24.1 Å². The number of thiazole rings is 1.